The average Bonchev–Trinajstić information content (AvgIpc) is 3.15. The summed E-state index contributed by atoms with van der Waals surface area (Å²) in [6.07, 6.45) is 0.119. The van der Waals surface area contributed by atoms with Gasteiger partial charge in [0.2, 0.25) is 0 Å². The molecule has 7 nitrogen and oxygen atoms in total. The molecule has 0 bridgehead atoms. The highest BCUT2D eigenvalue weighted by Crippen LogP contribution is 2.34. The summed E-state index contributed by atoms with van der Waals surface area (Å²) in [7, 11) is 3.07. The van der Waals surface area contributed by atoms with E-state index >= 15 is 0 Å². The number of furan rings is 1. The monoisotopic (exact) mass is 408 g/mol. The Morgan fingerprint density at radius 2 is 1.73 bits per heavy atom. The molecular formula is C23H22NO6-. The summed E-state index contributed by atoms with van der Waals surface area (Å²) in [4.78, 5) is 24.3. The quantitative estimate of drug-likeness (QED) is 0.614. The smallest absolute Gasteiger partial charge is 0.255 e. The number of aryl methyl sites for hydroxylation is 1. The van der Waals surface area contributed by atoms with Crippen molar-refractivity contribution < 1.29 is 28.6 Å². The molecule has 0 saturated carbocycles. The van der Waals surface area contributed by atoms with Crippen molar-refractivity contribution in [3.8, 4) is 22.8 Å². The van der Waals surface area contributed by atoms with Crippen molar-refractivity contribution in [3.63, 3.8) is 0 Å². The standard InChI is InChI=1S/C23H23NO6/c1-14-17(13-20(30-14)16-9-10-19(28-2)21(12-16)29-3)22(25)24-18(23(26)27)11-15-7-5-4-6-8-15/h4-10,12-13,18H,11H2,1-3H3,(H,24,25)(H,26,27)/p-1. The highest BCUT2D eigenvalue weighted by molar-refractivity contribution is 5.98. The molecule has 7 heteroatoms. The summed E-state index contributed by atoms with van der Waals surface area (Å²) < 4.78 is 16.3. The topological polar surface area (TPSA) is 101 Å². The van der Waals surface area contributed by atoms with Gasteiger partial charge in [-0.3, -0.25) is 4.79 Å². The third-order valence-corrected chi connectivity index (χ3v) is 4.70. The van der Waals surface area contributed by atoms with Gasteiger partial charge in [0.25, 0.3) is 5.91 Å². The predicted molar refractivity (Wildman–Crippen MR) is 108 cm³/mol. The molecule has 2 aromatic carbocycles. The van der Waals surface area contributed by atoms with E-state index in [-0.39, 0.29) is 12.0 Å². The molecular weight excluding hydrogens is 386 g/mol. The Hall–Kier alpha value is -3.74. The van der Waals surface area contributed by atoms with Gasteiger partial charge in [-0.15, -0.1) is 0 Å². The number of nitrogens with one attached hydrogen (secondary N) is 1. The minimum atomic E-state index is -1.35. The first-order valence-electron chi connectivity index (χ1n) is 9.31. The number of carboxylic acid groups (broad SMARTS) is 1. The fourth-order valence-corrected chi connectivity index (χ4v) is 3.12. The zero-order valence-electron chi connectivity index (χ0n) is 16.9. The Labute approximate surface area is 174 Å². The second-order valence-electron chi connectivity index (χ2n) is 6.69. The number of benzene rings is 2. The first kappa shape index (κ1) is 21.0. The van der Waals surface area contributed by atoms with E-state index in [9.17, 15) is 14.7 Å². The van der Waals surface area contributed by atoms with Crippen LogP contribution in [0.5, 0.6) is 11.5 Å². The van der Waals surface area contributed by atoms with Crippen LogP contribution in [-0.2, 0) is 11.2 Å². The van der Waals surface area contributed by atoms with Crippen molar-refractivity contribution >= 4 is 11.9 Å². The molecule has 3 aromatic rings. The van der Waals surface area contributed by atoms with E-state index < -0.39 is 17.9 Å². The molecule has 1 atom stereocenters. The maximum absolute atomic E-state index is 12.7. The van der Waals surface area contributed by atoms with E-state index in [1.807, 2.05) is 6.07 Å². The van der Waals surface area contributed by atoms with E-state index in [4.69, 9.17) is 13.9 Å². The number of hydrogen-bond acceptors (Lipinski definition) is 6. The van der Waals surface area contributed by atoms with Gasteiger partial charge < -0.3 is 29.1 Å². The van der Waals surface area contributed by atoms with Gasteiger partial charge >= 0.3 is 0 Å². The van der Waals surface area contributed by atoms with Gasteiger partial charge in [0.15, 0.2) is 11.5 Å². The minimum Gasteiger partial charge on any atom is -0.548 e. The molecule has 3 rings (SSSR count). The maximum atomic E-state index is 12.7. The number of aliphatic carboxylic acids is 1. The van der Waals surface area contributed by atoms with Crippen LogP contribution in [0.4, 0.5) is 0 Å². The zero-order valence-corrected chi connectivity index (χ0v) is 16.9. The van der Waals surface area contributed by atoms with Crippen LogP contribution in [0.15, 0.2) is 59.0 Å². The lowest BCUT2D eigenvalue weighted by molar-refractivity contribution is -0.308. The van der Waals surface area contributed by atoms with Gasteiger partial charge in [-0.25, -0.2) is 0 Å². The van der Waals surface area contributed by atoms with Gasteiger partial charge in [0.05, 0.1) is 31.8 Å². The molecule has 0 radical (unpaired) electrons. The van der Waals surface area contributed by atoms with Crippen molar-refractivity contribution in [1.29, 1.82) is 0 Å². The van der Waals surface area contributed by atoms with Crippen LogP contribution in [0.3, 0.4) is 0 Å². The lowest BCUT2D eigenvalue weighted by atomic mass is 10.1. The second-order valence-corrected chi connectivity index (χ2v) is 6.69. The van der Waals surface area contributed by atoms with Crippen LogP contribution in [0.1, 0.15) is 21.7 Å². The Morgan fingerprint density at radius 3 is 2.37 bits per heavy atom. The zero-order chi connectivity index (χ0) is 21.7. The molecule has 30 heavy (non-hydrogen) atoms. The number of hydrogen-bond donors (Lipinski definition) is 1. The first-order valence-corrected chi connectivity index (χ1v) is 9.31. The molecule has 0 fully saturated rings. The molecule has 0 saturated heterocycles. The summed E-state index contributed by atoms with van der Waals surface area (Å²) in [5.74, 6) is 0.0115. The molecule has 0 aliphatic carbocycles. The lowest BCUT2D eigenvalue weighted by Crippen LogP contribution is -2.49. The highest BCUT2D eigenvalue weighted by Gasteiger charge is 2.21. The summed E-state index contributed by atoms with van der Waals surface area (Å²) in [5, 5.41) is 14.1. The number of methoxy groups -OCH3 is 2. The molecule has 0 spiro atoms. The highest BCUT2D eigenvalue weighted by atomic mass is 16.5. The second kappa shape index (κ2) is 9.17. The Bertz CT molecular complexity index is 1040. The number of amides is 1. The largest absolute Gasteiger partial charge is 0.548 e. The molecule has 1 unspecified atom stereocenters. The lowest BCUT2D eigenvalue weighted by Gasteiger charge is -2.19. The number of carbonyl (C=O) groups is 2. The average molecular weight is 408 g/mol. The number of ether oxygens (including phenoxy) is 2. The van der Waals surface area contributed by atoms with Crippen LogP contribution in [0.25, 0.3) is 11.3 Å². The number of rotatable bonds is 8. The fraction of sp³-hybridized carbons (Fsp3) is 0.217. The van der Waals surface area contributed by atoms with Crippen LogP contribution in [-0.4, -0.2) is 32.1 Å². The predicted octanol–water partition coefficient (Wildman–Crippen LogP) is 2.36. The summed E-state index contributed by atoms with van der Waals surface area (Å²) in [6.45, 7) is 1.64. The molecule has 0 aliphatic heterocycles. The SMILES string of the molecule is COc1ccc(-c2cc(C(=O)NC(Cc3ccccc3)C(=O)[O-])c(C)o2)cc1OC. The van der Waals surface area contributed by atoms with Gasteiger partial charge in [0, 0.05) is 5.56 Å². The van der Waals surface area contributed by atoms with Crippen LogP contribution in [0, 0.1) is 6.92 Å². The van der Waals surface area contributed by atoms with E-state index in [1.54, 1.807) is 62.6 Å². The van der Waals surface area contributed by atoms with E-state index in [1.165, 1.54) is 7.11 Å². The van der Waals surface area contributed by atoms with Crippen LogP contribution in [0.2, 0.25) is 0 Å². The molecule has 156 valence electrons. The maximum Gasteiger partial charge on any atom is 0.255 e. The molecule has 1 heterocycles. The molecule has 1 amide bonds. The van der Waals surface area contributed by atoms with E-state index in [0.717, 1.165) is 5.56 Å². The van der Waals surface area contributed by atoms with Crippen molar-refractivity contribution in [3.05, 3.63) is 71.5 Å². The van der Waals surface area contributed by atoms with Gasteiger partial charge in [-0.2, -0.15) is 0 Å². The van der Waals surface area contributed by atoms with E-state index in [2.05, 4.69) is 5.32 Å². The number of carbonyl (C=O) groups excluding carboxylic acids is 2. The van der Waals surface area contributed by atoms with Crippen molar-refractivity contribution in [2.24, 2.45) is 0 Å². The van der Waals surface area contributed by atoms with Gasteiger partial charge in [0.1, 0.15) is 11.5 Å². The Morgan fingerprint density at radius 1 is 1.03 bits per heavy atom. The first-order chi connectivity index (χ1) is 14.4. The Kier molecular flexibility index (Phi) is 6.41. The summed E-state index contributed by atoms with van der Waals surface area (Å²) in [6, 6.07) is 14.7. The van der Waals surface area contributed by atoms with E-state index in [0.29, 0.717) is 28.6 Å². The molecule has 1 N–H and O–H groups in total. The third kappa shape index (κ3) is 4.63. The van der Waals surface area contributed by atoms with Crippen molar-refractivity contribution in [1.82, 2.24) is 5.32 Å². The fourth-order valence-electron chi connectivity index (χ4n) is 3.12. The molecule has 1 aromatic heterocycles. The normalized spacial score (nSPS) is 11.6. The van der Waals surface area contributed by atoms with Crippen LogP contribution >= 0.6 is 0 Å². The van der Waals surface area contributed by atoms with Crippen molar-refractivity contribution in [2.45, 2.75) is 19.4 Å². The summed E-state index contributed by atoms with van der Waals surface area (Å²) >= 11 is 0. The number of carboxylic acids is 1. The third-order valence-electron chi connectivity index (χ3n) is 4.70. The van der Waals surface area contributed by atoms with Gasteiger partial charge in [-0.1, -0.05) is 30.3 Å². The van der Waals surface area contributed by atoms with Gasteiger partial charge in [-0.05, 0) is 43.2 Å². The minimum absolute atomic E-state index is 0.119. The Balaban J connectivity index is 1.81. The van der Waals surface area contributed by atoms with Crippen LogP contribution < -0.4 is 19.9 Å². The summed E-state index contributed by atoms with van der Waals surface area (Å²) in [5.41, 5.74) is 1.72. The molecule has 0 aliphatic rings. The van der Waals surface area contributed by atoms with Crippen molar-refractivity contribution in [2.75, 3.05) is 14.2 Å².